The molecule has 0 aromatic heterocycles. The van der Waals surface area contributed by atoms with E-state index in [2.05, 4.69) is 0 Å². The van der Waals surface area contributed by atoms with E-state index in [1.54, 1.807) is 30.1 Å². The Morgan fingerprint density at radius 1 is 0.788 bits per heavy atom. The molecule has 6 nitrogen and oxygen atoms in total. The quantitative estimate of drug-likeness (QED) is 0.516. The molecule has 0 saturated heterocycles. The molecule has 168 valence electrons. The number of methoxy groups -OCH3 is 2. The molecular weight excluding hydrogens is 416 g/mol. The van der Waals surface area contributed by atoms with E-state index < -0.39 is 5.91 Å². The van der Waals surface area contributed by atoms with Crippen LogP contribution in [0.2, 0.25) is 0 Å². The van der Waals surface area contributed by atoms with Gasteiger partial charge in [0.05, 0.1) is 25.5 Å². The normalized spacial score (nSPS) is 13.5. The summed E-state index contributed by atoms with van der Waals surface area (Å²) in [6.45, 7) is 3.95. The van der Waals surface area contributed by atoms with Gasteiger partial charge < -0.3 is 14.4 Å². The van der Waals surface area contributed by atoms with E-state index in [0.29, 0.717) is 28.5 Å². The zero-order valence-corrected chi connectivity index (χ0v) is 19.4. The summed E-state index contributed by atoms with van der Waals surface area (Å²) in [7, 11) is 4.86. The van der Waals surface area contributed by atoms with E-state index in [0.717, 1.165) is 22.4 Å². The maximum Gasteiger partial charge on any atom is 0.282 e. The van der Waals surface area contributed by atoms with Crippen LogP contribution in [0.4, 0.5) is 11.4 Å². The molecule has 0 bridgehead atoms. The number of carbonyl (C=O) groups excluding carboxylic acids is 2. The van der Waals surface area contributed by atoms with Gasteiger partial charge in [0.25, 0.3) is 11.8 Å². The highest BCUT2D eigenvalue weighted by Crippen LogP contribution is 2.39. The van der Waals surface area contributed by atoms with Gasteiger partial charge >= 0.3 is 0 Å². The van der Waals surface area contributed by atoms with Crippen molar-refractivity contribution in [1.29, 1.82) is 0 Å². The standard InChI is InChI=1S/C27H26N2O4/c1-17-11-13-21(18(2)15-17)24-25(28(3)19-9-7-6-8-10-19)27(31)29(26(24)30)20-12-14-22(32-4)23(16-20)33-5/h6-16H,1-5H3. The Bertz CT molecular complexity index is 1260. The van der Waals surface area contributed by atoms with Gasteiger partial charge in [-0.25, -0.2) is 4.90 Å². The molecule has 1 heterocycles. The lowest BCUT2D eigenvalue weighted by Gasteiger charge is -2.22. The number of rotatable bonds is 6. The minimum Gasteiger partial charge on any atom is -0.493 e. The van der Waals surface area contributed by atoms with Crippen LogP contribution in [0.5, 0.6) is 11.5 Å². The van der Waals surface area contributed by atoms with Crippen LogP contribution in [0.25, 0.3) is 5.57 Å². The Labute approximate surface area is 193 Å². The van der Waals surface area contributed by atoms with Crippen molar-refractivity contribution in [3.63, 3.8) is 0 Å². The van der Waals surface area contributed by atoms with Crippen molar-refractivity contribution in [1.82, 2.24) is 0 Å². The molecule has 3 aromatic carbocycles. The van der Waals surface area contributed by atoms with Crippen LogP contribution in [-0.4, -0.2) is 33.1 Å². The van der Waals surface area contributed by atoms with E-state index in [-0.39, 0.29) is 5.91 Å². The molecule has 3 aromatic rings. The van der Waals surface area contributed by atoms with Crippen molar-refractivity contribution in [2.75, 3.05) is 31.1 Å². The topological polar surface area (TPSA) is 59.1 Å². The molecule has 0 N–H and O–H groups in total. The number of hydrogen-bond acceptors (Lipinski definition) is 5. The average Bonchev–Trinajstić information content (AvgIpc) is 3.08. The Balaban J connectivity index is 1.90. The second-order valence-electron chi connectivity index (χ2n) is 7.92. The molecule has 4 rings (SSSR count). The Hall–Kier alpha value is -4.06. The van der Waals surface area contributed by atoms with E-state index in [1.165, 1.54) is 19.1 Å². The smallest absolute Gasteiger partial charge is 0.282 e. The fraction of sp³-hybridized carbons (Fsp3) is 0.185. The maximum absolute atomic E-state index is 13.8. The molecule has 0 atom stereocenters. The number of imide groups is 1. The highest BCUT2D eigenvalue weighted by molar-refractivity contribution is 6.46. The summed E-state index contributed by atoms with van der Waals surface area (Å²) >= 11 is 0. The predicted octanol–water partition coefficient (Wildman–Crippen LogP) is 4.74. The second kappa shape index (κ2) is 8.82. The van der Waals surface area contributed by atoms with Gasteiger partial charge in [-0.1, -0.05) is 42.0 Å². The van der Waals surface area contributed by atoms with Crippen LogP contribution in [0, 0.1) is 13.8 Å². The van der Waals surface area contributed by atoms with Crippen LogP contribution < -0.4 is 19.3 Å². The third-order valence-corrected chi connectivity index (χ3v) is 5.81. The fourth-order valence-corrected chi connectivity index (χ4v) is 4.15. The lowest BCUT2D eigenvalue weighted by molar-refractivity contribution is -0.120. The van der Waals surface area contributed by atoms with Crippen molar-refractivity contribution in [3.8, 4) is 11.5 Å². The first-order valence-corrected chi connectivity index (χ1v) is 10.6. The van der Waals surface area contributed by atoms with Gasteiger partial charge in [-0.3, -0.25) is 9.59 Å². The second-order valence-corrected chi connectivity index (χ2v) is 7.92. The molecule has 0 saturated carbocycles. The van der Waals surface area contributed by atoms with Crippen molar-refractivity contribution in [2.45, 2.75) is 13.8 Å². The van der Waals surface area contributed by atoms with Gasteiger partial charge in [0.2, 0.25) is 0 Å². The third kappa shape index (κ3) is 3.84. The monoisotopic (exact) mass is 442 g/mol. The summed E-state index contributed by atoms with van der Waals surface area (Å²) in [4.78, 5) is 30.6. The first-order chi connectivity index (χ1) is 15.9. The molecule has 0 radical (unpaired) electrons. The van der Waals surface area contributed by atoms with Crippen molar-refractivity contribution in [3.05, 3.63) is 89.1 Å². The molecule has 1 aliphatic rings. The number of aryl methyl sites for hydroxylation is 2. The zero-order chi connectivity index (χ0) is 23.7. The molecule has 6 heteroatoms. The van der Waals surface area contributed by atoms with Gasteiger partial charge in [-0.15, -0.1) is 0 Å². The summed E-state index contributed by atoms with van der Waals surface area (Å²) in [6, 6.07) is 20.4. The molecule has 33 heavy (non-hydrogen) atoms. The van der Waals surface area contributed by atoms with E-state index in [9.17, 15) is 9.59 Å². The summed E-state index contributed by atoms with van der Waals surface area (Å²) in [6.07, 6.45) is 0. The summed E-state index contributed by atoms with van der Waals surface area (Å²) in [5, 5.41) is 0. The largest absolute Gasteiger partial charge is 0.493 e. The fourth-order valence-electron chi connectivity index (χ4n) is 4.15. The number of anilines is 2. The van der Waals surface area contributed by atoms with Crippen molar-refractivity contribution in [2.24, 2.45) is 0 Å². The molecule has 2 amide bonds. The lowest BCUT2D eigenvalue weighted by Crippen LogP contribution is -2.34. The maximum atomic E-state index is 13.8. The molecule has 0 unspecified atom stereocenters. The van der Waals surface area contributed by atoms with Crippen LogP contribution in [-0.2, 0) is 9.59 Å². The number of nitrogens with zero attached hydrogens (tertiary/aromatic N) is 2. The van der Waals surface area contributed by atoms with Crippen LogP contribution >= 0.6 is 0 Å². The van der Waals surface area contributed by atoms with Gasteiger partial charge in [0.1, 0.15) is 5.70 Å². The minimum atomic E-state index is -0.395. The number of para-hydroxylation sites is 1. The molecule has 0 spiro atoms. The van der Waals surface area contributed by atoms with E-state index >= 15 is 0 Å². The van der Waals surface area contributed by atoms with Crippen LogP contribution in [0.15, 0.2) is 72.4 Å². The van der Waals surface area contributed by atoms with Crippen molar-refractivity contribution >= 4 is 28.8 Å². The van der Waals surface area contributed by atoms with Crippen LogP contribution in [0.3, 0.4) is 0 Å². The Morgan fingerprint density at radius 3 is 2.12 bits per heavy atom. The van der Waals surface area contributed by atoms with E-state index in [4.69, 9.17) is 9.47 Å². The average molecular weight is 443 g/mol. The van der Waals surface area contributed by atoms with Crippen LogP contribution in [0.1, 0.15) is 16.7 Å². The number of likely N-dealkylation sites (N-methyl/N-ethyl adjacent to an activating group) is 1. The number of amides is 2. The molecule has 0 fully saturated rings. The summed E-state index contributed by atoms with van der Waals surface area (Å²) in [5.74, 6) is 0.184. The zero-order valence-electron chi connectivity index (χ0n) is 19.4. The first kappa shape index (κ1) is 22.1. The van der Waals surface area contributed by atoms with Crippen molar-refractivity contribution < 1.29 is 19.1 Å². The van der Waals surface area contributed by atoms with Gasteiger partial charge in [-0.2, -0.15) is 0 Å². The highest BCUT2D eigenvalue weighted by Gasteiger charge is 2.42. The lowest BCUT2D eigenvalue weighted by atomic mass is 9.97. The van der Waals surface area contributed by atoms with Gasteiger partial charge in [0.15, 0.2) is 11.5 Å². The number of carbonyl (C=O) groups is 2. The molecule has 0 aliphatic carbocycles. The Kier molecular flexibility index (Phi) is 5.92. The molecule has 1 aliphatic heterocycles. The number of hydrogen-bond donors (Lipinski definition) is 0. The molecular formula is C27H26N2O4. The SMILES string of the molecule is COc1ccc(N2C(=O)C(c3ccc(C)cc3C)=C(N(C)c3ccccc3)C2=O)cc1OC. The van der Waals surface area contributed by atoms with Gasteiger partial charge in [0, 0.05) is 18.8 Å². The Morgan fingerprint density at radius 2 is 1.48 bits per heavy atom. The minimum absolute atomic E-state index is 0.327. The highest BCUT2D eigenvalue weighted by atomic mass is 16.5. The number of ether oxygens (including phenoxy) is 2. The number of benzene rings is 3. The summed E-state index contributed by atoms with van der Waals surface area (Å²) in [5.41, 5.74) is 4.68. The predicted molar refractivity (Wildman–Crippen MR) is 130 cm³/mol. The first-order valence-electron chi connectivity index (χ1n) is 10.6. The summed E-state index contributed by atoms with van der Waals surface area (Å²) < 4.78 is 10.7. The van der Waals surface area contributed by atoms with Gasteiger partial charge in [-0.05, 0) is 49.2 Å². The van der Waals surface area contributed by atoms with E-state index in [1.807, 2.05) is 62.4 Å². The third-order valence-electron chi connectivity index (χ3n) is 5.81.